The highest BCUT2D eigenvalue weighted by Crippen LogP contribution is 2.30. The molecule has 2 heterocycles. The number of halogens is 1. The molecule has 0 unspecified atom stereocenters. The number of aromatic nitrogens is 2. The van der Waals surface area contributed by atoms with Crippen LogP contribution in [-0.4, -0.2) is 23.1 Å². The number of nitrogens with zero attached hydrogens (tertiary/aromatic N) is 3. The standard InChI is InChI=1S/C16H20FN5/c17-12-7-3-4-8-13(12)21-15-14(18)16(20-11-19-15)22-9-5-1-2-6-10-22/h3-4,7-8,11H,1-2,5-6,9-10,18H2,(H,19,20,21). The van der Waals surface area contributed by atoms with E-state index in [-0.39, 0.29) is 5.82 Å². The van der Waals surface area contributed by atoms with E-state index in [0.29, 0.717) is 17.2 Å². The van der Waals surface area contributed by atoms with Crippen molar-refractivity contribution in [1.82, 2.24) is 9.97 Å². The second-order valence-corrected chi connectivity index (χ2v) is 5.47. The molecule has 3 N–H and O–H groups in total. The Morgan fingerprint density at radius 2 is 1.77 bits per heavy atom. The lowest BCUT2D eigenvalue weighted by Crippen LogP contribution is -2.26. The van der Waals surface area contributed by atoms with E-state index < -0.39 is 0 Å². The van der Waals surface area contributed by atoms with Gasteiger partial charge in [0.1, 0.15) is 17.8 Å². The summed E-state index contributed by atoms with van der Waals surface area (Å²) in [5, 5.41) is 2.96. The molecule has 22 heavy (non-hydrogen) atoms. The van der Waals surface area contributed by atoms with Crippen molar-refractivity contribution in [3.63, 3.8) is 0 Å². The Morgan fingerprint density at radius 3 is 2.50 bits per heavy atom. The SMILES string of the molecule is Nc1c(Nc2ccccc2F)ncnc1N1CCCCCC1. The highest BCUT2D eigenvalue weighted by atomic mass is 19.1. The van der Waals surface area contributed by atoms with Crippen LogP contribution in [0.3, 0.4) is 0 Å². The molecule has 116 valence electrons. The quantitative estimate of drug-likeness (QED) is 0.910. The molecule has 0 radical (unpaired) electrons. The minimum Gasteiger partial charge on any atom is -0.393 e. The van der Waals surface area contributed by atoms with Crippen LogP contribution < -0.4 is 16.0 Å². The number of nitrogens with one attached hydrogen (secondary N) is 1. The summed E-state index contributed by atoms with van der Waals surface area (Å²) in [6.45, 7) is 1.89. The van der Waals surface area contributed by atoms with Crippen molar-refractivity contribution in [3.05, 3.63) is 36.4 Å². The predicted octanol–water partition coefficient (Wildman–Crippen LogP) is 3.32. The lowest BCUT2D eigenvalue weighted by Gasteiger charge is -2.23. The van der Waals surface area contributed by atoms with Gasteiger partial charge in [-0.3, -0.25) is 0 Å². The molecule has 1 aromatic carbocycles. The van der Waals surface area contributed by atoms with Crippen LogP contribution in [0.25, 0.3) is 0 Å². The summed E-state index contributed by atoms with van der Waals surface area (Å²) in [5.41, 5.74) is 7.03. The van der Waals surface area contributed by atoms with Gasteiger partial charge in [-0.25, -0.2) is 14.4 Å². The molecule has 2 aromatic rings. The van der Waals surface area contributed by atoms with E-state index in [2.05, 4.69) is 20.2 Å². The molecular weight excluding hydrogens is 281 g/mol. The Labute approximate surface area is 129 Å². The molecule has 6 heteroatoms. The van der Waals surface area contributed by atoms with Crippen LogP contribution in [0.1, 0.15) is 25.7 Å². The van der Waals surface area contributed by atoms with Gasteiger partial charge >= 0.3 is 0 Å². The van der Waals surface area contributed by atoms with E-state index in [1.807, 2.05) is 0 Å². The molecule has 0 saturated carbocycles. The third kappa shape index (κ3) is 3.10. The molecule has 0 amide bonds. The fourth-order valence-corrected chi connectivity index (χ4v) is 2.71. The molecule has 0 atom stereocenters. The Morgan fingerprint density at radius 1 is 1.05 bits per heavy atom. The summed E-state index contributed by atoms with van der Waals surface area (Å²) < 4.78 is 13.8. The van der Waals surface area contributed by atoms with E-state index in [1.54, 1.807) is 18.2 Å². The number of nitrogens with two attached hydrogens (primary N) is 1. The lowest BCUT2D eigenvalue weighted by atomic mass is 10.2. The van der Waals surface area contributed by atoms with E-state index in [9.17, 15) is 4.39 Å². The zero-order chi connectivity index (χ0) is 15.4. The maximum absolute atomic E-state index is 13.8. The van der Waals surface area contributed by atoms with Crippen LogP contribution in [0.5, 0.6) is 0 Å². The number of para-hydroxylation sites is 1. The lowest BCUT2D eigenvalue weighted by molar-refractivity contribution is 0.632. The Bertz CT molecular complexity index is 638. The van der Waals surface area contributed by atoms with Crippen molar-refractivity contribution in [2.75, 3.05) is 29.0 Å². The average molecular weight is 301 g/mol. The fraction of sp³-hybridized carbons (Fsp3) is 0.375. The first kappa shape index (κ1) is 14.6. The zero-order valence-corrected chi connectivity index (χ0v) is 12.4. The highest BCUT2D eigenvalue weighted by Gasteiger charge is 2.17. The molecule has 0 bridgehead atoms. The van der Waals surface area contributed by atoms with E-state index in [4.69, 9.17) is 5.73 Å². The van der Waals surface area contributed by atoms with Gasteiger partial charge in [-0.1, -0.05) is 25.0 Å². The van der Waals surface area contributed by atoms with Gasteiger partial charge < -0.3 is 16.0 Å². The van der Waals surface area contributed by atoms with Crippen LogP contribution >= 0.6 is 0 Å². The normalized spacial score (nSPS) is 15.4. The molecule has 1 aromatic heterocycles. The number of benzene rings is 1. The second kappa shape index (κ2) is 6.60. The van der Waals surface area contributed by atoms with Crippen molar-refractivity contribution in [1.29, 1.82) is 0 Å². The summed E-state index contributed by atoms with van der Waals surface area (Å²) in [7, 11) is 0. The van der Waals surface area contributed by atoms with Gasteiger partial charge in [-0.15, -0.1) is 0 Å². The molecule has 3 rings (SSSR count). The number of hydrogen-bond donors (Lipinski definition) is 2. The number of rotatable bonds is 3. The molecule has 0 aliphatic carbocycles. The second-order valence-electron chi connectivity index (χ2n) is 5.47. The van der Waals surface area contributed by atoms with Crippen molar-refractivity contribution >= 4 is 23.0 Å². The monoisotopic (exact) mass is 301 g/mol. The van der Waals surface area contributed by atoms with Crippen molar-refractivity contribution in [2.45, 2.75) is 25.7 Å². The summed E-state index contributed by atoms with van der Waals surface area (Å²) >= 11 is 0. The van der Waals surface area contributed by atoms with Gasteiger partial charge in [0.2, 0.25) is 0 Å². The molecule has 0 spiro atoms. The van der Waals surface area contributed by atoms with Gasteiger partial charge in [0.15, 0.2) is 11.6 Å². The minimum absolute atomic E-state index is 0.336. The zero-order valence-electron chi connectivity index (χ0n) is 12.4. The van der Waals surface area contributed by atoms with Crippen LogP contribution in [0.2, 0.25) is 0 Å². The maximum atomic E-state index is 13.8. The first-order valence-corrected chi connectivity index (χ1v) is 7.62. The first-order valence-electron chi connectivity index (χ1n) is 7.62. The first-order chi connectivity index (χ1) is 10.8. The molecule has 1 fully saturated rings. The smallest absolute Gasteiger partial charge is 0.159 e. The van der Waals surface area contributed by atoms with Gasteiger partial charge in [0, 0.05) is 13.1 Å². The van der Waals surface area contributed by atoms with Crippen molar-refractivity contribution in [2.24, 2.45) is 0 Å². The summed E-state index contributed by atoms with van der Waals surface area (Å²) in [6, 6.07) is 6.46. The predicted molar refractivity (Wildman–Crippen MR) is 86.8 cm³/mol. The Kier molecular flexibility index (Phi) is 4.37. The maximum Gasteiger partial charge on any atom is 0.159 e. The van der Waals surface area contributed by atoms with Crippen LogP contribution in [0.15, 0.2) is 30.6 Å². The van der Waals surface area contributed by atoms with E-state index >= 15 is 0 Å². The average Bonchev–Trinajstić information content (AvgIpc) is 2.80. The van der Waals surface area contributed by atoms with Gasteiger partial charge in [-0.2, -0.15) is 0 Å². The van der Waals surface area contributed by atoms with Crippen LogP contribution in [-0.2, 0) is 0 Å². The van der Waals surface area contributed by atoms with Crippen molar-refractivity contribution in [3.8, 4) is 0 Å². The number of nitrogen functional groups attached to an aromatic ring is 1. The summed E-state index contributed by atoms with van der Waals surface area (Å²) in [5.74, 6) is 0.840. The van der Waals surface area contributed by atoms with Gasteiger partial charge in [0.25, 0.3) is 0 Å². The number of anilines is 4. The topological polar surface area (TPSA) is 67.1 Å². The number of hydrogen-bond acceptors (Lipinski definition) is 5. The van der Waals surface area contributed by atoms with Crippen LogP contribution in [0.4, 0.5) is 27.4 Å². The molecular formula is C16H20FN5. The molecule has 1 aliphatic rings. The third-order valence-electron chi connectivity index (χ3n) is 3.90. The Balaban J connectivity index is 1.87. The van der Waals surface area contributed by atoms with Gasteiger partial charge in [0.05, 0.1) is 5.69 Å². The van der Waals surface area contributed by atoms with E-state index in [0.717, 1.165) is 31.7 Å². The molecule has 5 nitrogen and oxygen atoms in total. The van der Waals surface area contributed by atoms with Gasteiger partial charge in [-0.05, 0) is 25.0 Å². The fourth-order valence-electron chi connectivity index (χ4n) is 2.71. The molecule has 1 saturated heterocycles. The minimum atomic E-state index is -0.336. The highest BCUT2D eigenvalue weighted by molar-refractivity contribution is 5.78. The Hall–Kier alpha value is -2.37. The molecule has 1 aliphatic heterocycles. The van der Waals surface area contributed by atoms with Crippen LogP contribution in [0, 0.1) is 5.82 Å². The van der Waals surface area contributed by atoms with Crippen molar-refractivity contribution < 1.29 is 4.39 Å². The largest absolute Gasteiger partial charge is 0.393 e. The summed E-state index contributed by atoms with van der Waals surface area (Å²) in [4.78, 5) is 10.7. The third-order valence-corrected chi connectivity index (χ3v) is 3.90. The summed E-state index contributed by atoms with van der Waals surface area (Å²) in [6.07, 6.45) is 6.22. The van der Waals surface area contributed by atoms with E-state index in [1.165, 1.54) is 25.2 Å².